The Morgan fingerprint density at radius 2 is 1.16 bits per heavy atom. The second-order valence-corrected chi connectivity index (χ2v) is 16.4. The number of nitrogens with two attached hydrogens (primary N) is 1. The molecule has 17 heteroatoms. The molecule has 1 heterocycles. The molecule has 0 saturated carbocycles. The summed E-state index contributed by atoms with van der Waals surface area (Å²) in [7, 11) is 3.17. The van der Waals surface area contributed by atoms with Crippen LogP contribution in [0, 0.1) is 0 Å². The molecule has 360 valence electrons. The van der Waals surface area contributed by atoms with Crippen molar-refractivity contribution >= 4 is 23.9 Å². The highest BCUT2D eigenvalue weighted by atomic mass is 16.6. The minimum atomic E-state index is -1.09. The van der Waals surface area contributed by atoms with Gasteiger partial charge >= 0.3 is 23.7 Å². The van der Waals surface area contributed by atoms with Crippen LogP contribution in [0.5, 0.6) is 23.0 Å². The second kappa shape index (κ2) is 25.4. The lowest BCUT2D eigenvalue weighted by molar-refractivity contribution is -0.159. The molecule has 4 N–H and O–H groups in total. The summed E-state index contributed by atoms with van der Waals surface area (Å²) in [5, 5.41) is 5.50. The summed E-state index contributed by atoms with van der Waals surface area (Å²) in [6, 6.07) is 28.9. The van der Waals surface area contributed by atoms with Crippen LogP contribution < -0.4 is 35.8 Å². The average molecular weight is 925 g/mol. The topological polar surface area (TPSA) is 216 Å². The van der Waals surface area contributed by atoms with Gasteiger partial charge in [-0.25, -0.2) is 28.9 Å². The van der Waals surface area contributed by atoms with Gasteiger partial charge < -0.3 is 34.2 Å². The molecule has 0 saturated heterocycles. The lowest BCUT2D eigenvalue weighted by atomic mass is 10.1. The van der Waals surface area contributed by atoms with Crippen molar-refractivity contribution < 1.29 is 47.6 Å². The Kier molecular flexibility index (Phi) is 19.8. The van der Waals surface area contributed by atoms with Crippen LogP contribution in [0.2, 0.25) is 0 Å². The van der Waals surface area contributed by atoms with Crippen molar-refractivity contribution in [1.29, 1.82) is 0 Å². The maximum absolute atomic E-state index is 12.3. The number of nitrogens with zero attached hydrogens (tertiary/aromatic N) is 3. The summed E-state index contributed by atoms with van der Waals surface area (Å²) in [4.78, 5) is 63.1. The van der Waals surface area contributed by atoms with Crippen molar-refractivity contribution in [3.63, 3.8) is 0 Å². The number of hydrogen-bond acceptors (Lipinski definition) is 12. The van der Waals surface area contributed by atoms with Gasteiger partial charge in [0.25, 0.3) is 0 Å². The fourth-order valence-electron chi connectivity index (χ4n) is 6.54. The van der Waals surface area contributed by atoms with E-state index in [-0.39, 0.29) is 31.2 Å². The lowest BCUT2D eigenvalue weighted by Crippen LogP contribution is -2.48. The number of rotatable bonds is 22. The number of nitrogens with one attached hydrogen (secondary N) is 2. The van der Waals surface area contributed by atoms with Crippen LogP contribution in [0.25, 0.3) is 0 Å². The Morgan fingerprint density at radius 3 is 1.66 bits per heavy atom. The zero-order chi connectivity index (χ0) is 49.0. The van der Waals surface area contributed by atoms with E-state index in [4.69, 9.17) is 34.2 Å². The van der Waals surface area contributed by atoms with Gasteiger partial charge in [-0.05, 0) is 138 Å². The van der Waals surface area contributed by atoms with E-state index in [1.165, 1.54) is 4.68 Å². The number of aryl methyl sites for hydroxylation is 3. The van der Waals surface area contributed by atoms with Gasteiger partial charge in [-0.15, -0.1) is 0 Å². The third kappa shape index (κ3) is 17.2. The number of urea groups is 1. The minimum absolute atomic E-state index is 0.127. The third-order valence-electron chi connectivity index (χ3n) is 10.1. The first-order valence-electron chi connectivity index (χ1n) is 22.1. The Hall–Kier alpha value is -7.30. The highest BCUT2D eigenvalue weighted by molar-refractivity contribution is 5.81. The third-order valence-corrected chi connectivity index (χ3v) is 10.1. The van der Waals surface area contributed by atoms with Crippen molar-refractivity contribution in [3.8, 4) is 23.0 Å². The summed E-state index contributed by atoms with van der Waals surface area (Å²) < 4.78 is 33.4. The molecule has 0 fully saturated rings. The SMILES string of the molecule is CCOC(=O)C(C)(C)Oc1ccc(CCCC(=O)NN(Cc2cccc(OC)c2)C(N)=O)cc1.CCOC(=O)C(C)(C)Oc1ccc(CCCc2nn(Cc3cccc(OC)c3)c(=O)[nH]2)cc1. The van der Waals surface area contributed by atoms with Crippen molar-refractivity contribution in [3.05, 3.63) is 136 Å². The number of methoxy groups -OCH3 is 2. The van der Waals surface area contributed by atoms with Crippen molar-refractivity contribution in [2.24, 2.45) is 5.73 Å². The van der Waals surface area contributed by atoms with Gasteiger partial charge in [-0.1, -0.05) is 48.5 Å². The average Bonchev–Trinajstić information content (AvgIpc) is 3.65. The number of H-pyrrole nitrogens is 1. The molecule has 17 nitrogen and oxygen atoms in total. The number of hydrogen-bond donors (Lipinski definition) is 3. The number of amides is 3. The molecular weight excluding hydrogens is 861 g/mol. The number of carbonyl (C=O) groups excluding carboxylic acids is 4. The molecule has 1 aromatic heterocycles. The van der Waals surface area contributed by atoms with E-state index in [2.05, 4.69) is 15.5 Å². The fourth-order valence-corrected chi connectivity index (χ4v) is 6.54. The van der Waals surface area contributed by atoms with Crippen LogP contribution in [-0.2, 0) is 56.2 Å². The quantitative estimate of drug-likeness (QED) is 0.0479. The molecule has 0 atom stereocenters. The largest absolute Gasteiger partial charge is 0.497 e. The van der Waals surface area contributed by atoms with Gasteiger partial charge in [0.2, 0.25) is 5.91 Å². The molecule has 0 unspecified atom stereocenters. The van der Waals surface area contributed by atoms with Gasteiger partial charge in [0.1, 0.15) is 28.8 Å². The number of carbonyl (C=O) groups is 4. The van der Waals surface area contributed by atoms with E-state index in [1.807, 2.05) is 66.7 Å². The van der Waals surface area contributed by atoms with Gasteiger partial charge in [0.15, 0.2) is 11.2 Å². The van der Waals surface area contributed by atoms with Gasteiger partial charge in [0.05, 0.1) is 40.5 Å². The van der Waals surface area contributed by atoms with Crippen molar-refractivity contribution in [2.75, 3.05) is 27.4 Å². The molecule has 5 aromatic rings. The van der Waals surface area contributed by atoms with Crippen LogP contribution in [-0.4, -0.2) is 82.3 Å². The first kappa shape index (κ1) is 52.3. The monoisotopic (exact) mass is 924 g/mol. The van der Waals surface area contributed by atoms with E-state index in [0.717, 1.165) is 45.9 Å². The van der Waals surface area contributed by atoms with E-state index >= 15 is 0 Å². The Bertz CT molecular complexity index is 2430. The van der Waals surface area contributed by atoms with Crippen LogP contribution >= 0.6 is 0 Å². The van der Waals surface area contributed by atoms with Gasteiger partial charge in [0, 0.05) is 12.8 Å². The zero-order valence-corrected chi connectivity index (χ0v) is 39.7. The maximum Gasteiger partial charge on any atom is 0.349 e. The number of esters is 2. The molecule has 5 rings (SSSR count). The molecule has 0 aliphatic carbocycles. The number of aromatic amines is 1. The Balaban J connectivity index is 0.000000293. The number of benzene rings is 4. The highest BCUT2D eigenvalue weighted by Crippen LogP contribution is 2.23. The molecule has 0 aliphatic heterocycles. The number of primary amides is 1. The highest BCUT2D eigenvalue weighted by Gasteiger charge is 2.32. The van der Waals surface area contributed by atoms with Crippen molar-refractivity contribution in [1.82, 2.24) is 25.2 Å². The molecule has 0 aliphatic rings. The minimum Gasteiger partial charge on any atom is -0.497 e. The van der Waals surface area contributed by atoms with Gasteiger partial charge in [-0.2, -0.15) is 5.10 Å². The maximum atomic E-state index is 12.3. The van der Waals surface area contributed by atoms with Crippen LogP contribution in [0.3, 0.4) is 0 Å². The van der Waals surface area contributed by atoms with E-state index in [1.54, 1.807) is 86.1 Å². The van der Waals surface area contributed by atoms with Gasteiger partial charge in [-0.3, -0.25) is 15.2 Å². The Morgan fingerprint density at radius 1 is 0.672 bits per heavy atom. The van der Waals surface area contributed by atoms with E-state index in [9.17, 15) is 24.0 Å². The number of ether oxygens (including phenoxy) is 6. The van der Waals surface area contributed by atoms with Crippen LogP contribution in [0.4, 0.5) is 4.79 Å². The predicted octanol–water partition coefficient (Wildman–Crippen LogP) is 6.87. The first-order chi connectivity index (χ1) is 31.9. The summed E-state index contributed by atoms with van der Waals surface area (Å²) in [5.41, 5.74) is 9.48. The Labute approximate surface area is 391 Å². The molecule has 0 radical (unpaired) electrons. The summed E-state index contributed by atoms with van der Waals surface area (Å²) in [6.45, 7) is 11.3. The molecule has 67 heavy (non-hydrogen) atoms. The van der Waals surface area contributed by atoms with E-state index in [0.29, 0.717) is 55.5 Å². The van der Waals surface area contributed by atoms with Crippen molar-refractivity contribution in [2.45, 2.75) is 104 Å². The number of hydrazine groups is 1. The first-order valence-corrected chi connectivity index (χ1v) is 22.1. The molecule has 0 spiro atoms. The predicted molar refractivity (Wildman–Crippen MR) is 252 cm³/mol. The zero-order valence-electron chi connectivity index (χ0n) is 39.7. The summed E-state index contributed by atoms with van der Waals surface area (Å²) in [5.74, 6) is 2.09. The second-order valence-electron chi connectivity index (χ2n) is 16.4. The normalized spacial score (nSPS) is 11.0. The number of aromatic nitrogens is 3. The molecule has 0 bridgehead atoms. The van der Waals surface area contributed by atoms with Crippen LogP contribution in [0.1, 0.15) is 88.9 Å². The van der Waals surface area contributed by atoms with Crippen LogP contribution in [0.15, 0.2) is 102 Å². The molecule has 4 aromatic carbocycles. The lowest BCUT2D eigenvalue weighted by Gasteiger charge is -2.24. The molecule has 3 amide bonds. The fraction of sp³-hybridized carbons (Fsp3) is 0.400. The van der Waals surface area contributed by atoms with E-state index < -0.39 is 29.2 Å². The summed E-state index contributed by atoms with van der Waals surface area (Å²) in [6.07, 6.45) is 3.77. The smallest absolute Gasteiger partial charge is 0.349 e. The summed E-state index contributed by atoms with van der Waals surface area (Å²) >= 11 is 0. The standard InChI is InChI=1S/C25H33N3O6.C25H31N3O5/c1-5-33-23(30)25(2,3)34-20-14-12-18(13-15-20)8-7-11-22(29)27-28(24(26)31)17-19-9-6-10-21(16-19)32-4;1-5-32-23(29)25(2,3)33-20-14-12-18(13-15-20)8-7-11-22-26-24(30)28(27-22)17-19-9-6-10-21(16-19)31-4/h6,9-10,12-16H,5,7-8,11,17H2,1-4H3,(H2,26,31)(H,27,29);6,9-10,12-16H,5,7-8,11,17H2,1-4H3,(H,26,27,30). The molecular formula is C50H64N6O11.